The number of nitrogens with one attached hydrogen (secondary N) is 3. The summed E-state index contributed by atoms with van der Waals surface area (Å²) in [4.78, 5) is 32.6. The smallest absolute Gasteiger partial charge is 0.243 e. The first kappa shape index (κ1) is 25.3. The van der Waals surface area contributed by atoms with Crippen molar-refractivity contribution in [2.24, 2.45) is 5.41 Å². The number of rotatable bonds is 2. The fraction of sp³-hybridized carbons (Fsp3) is 0.367. The van der Waals surface area contributed by atoms with E-state index in [1.807, 2.05) is 18.2 Å². The summed E-state index contributed by atoms with van der Waals surface area (Å²) >= 11 is 0. The zero-order chi connectivity index (χ0) is 27.6. The van der Waals surface area contributed by atoms with Gasteiger partial charge < -0.3 is 20.9 Å². The quantitative estimate of drug-likeness (QED) is 0.521. The van der Waals surface area contributed by atoms with Crippen LogP contribution in [-0.4, -0.2) is 46.9 Å². The zero-order valence-electron chi connectivity index (χ0n) is 22.0. The summed E-state index contributed by atoms with van der Waals surface area (Å²) in [7, 11) is 0. The molecule has 0 bridgehead atoms. The Labute approximate surface area is 225 Å². The van der Waals surface area contributed by atoms with Crippen LogP contribution < -0.4 is 16.0 Å². The Balaban J connectivity index is 1.27. The monoisotopic (exact) mass is 529 g/mol. The van der Waals surface area contributed by atoms with Crippen LogP contribution in [-0.2, 0) is 28.0 Å². The number of pyridine rings is 1. The van der Waals surface area contributed by atoms with E-state index in [0.29, 0.717) is 37.1 Å². The van der Waals surface area contributed by atoms with Crippen LogP contribution >= 0.6 is 0 Å². The number of hydrogen-bond donors (Lipinski definition) is 3. The molecule has 6 rings (SSSR count). The van der Waals surface area contributed by atoms with E-state index in [4.69, 9.17) is 0 Å². The number of aromatic nitrogens is 1. The number of allylic oxidation sites excluding steroid dienone is 1. The van der Waals surface area contributed by atoms with Crippen LogP contribution in [0.25, 0.3) is 0 Å². The number of carbonyl (C=O) groups is 2. The molecule has 2 amide bonds. The van der Waals surface area contributed by atoms with Crippen LogP contribution in [0.3, 0.4) is 0 Å². The van der Waals surface area contributed by atoms with Crippen molar-refractivity contribution < 1.29 is 18.4 Å². The summed E-state index contributed by atoms with van der Waals surface area (Å²) in [5.74, 6) is 5.35. The molecular weight excluding hydrogens is 500 g/mol. The number of halogens is 2. The third-order valence-electron chi connectivity index (χ3n) is 8.37. The Morgan fingerprint density at radius 1 is 1.08 bits per heavy atom. The molecule has 1 aromatic carbocycles. The lowest BCUT2D eigenvalue weighted by Crippen LogP contribution is -2.69. The highest BCUT2D eigenvalue weighted by atomic mass is 19.1. The first-order valence-electron chi connectivity index (χ1n) is 13.0. The molecule has 0 radical (unpaired) electrons. The number of fused-ring (bicyclic) bond motifs is 2. The number of benzene rings is 1. The highest BCUT2D eigenvalue weighted by molar-refractivity contribution is 5.93. The van der Waals surface area contributed by atoms with E-state index >= 15 is 0 Å². The van der Waals surface area contributed by atoms with E-state index in [0.717, 1.165) is 28.7 Å². The molecule has 1 fully saturated rings. The predicted octanol–water partition coefficient (Wildman–Crippen LogP) is 2.42. The molecule has 1 aromatic heterocycles. The van der Waals surface area contributed by atoms with Gasteiger partial charge in [0.2, 0.25) is 11.8 Å². The van der Waals surface area contributed by atoms with E-state index < -0.39 is 28.1 Å². The van der Waals surface area contributed by atoms with Crippen molar-refractivity contribution in [1.29, 1.82) is 0 Å². The number of piperazine rings is 1. The normalized spacial score (nSPS) is 26.6. The highest BCUT2D eigenvalue weighted by Crippen LogP contribution is 2.47. The van der Waals surface area contributed by atoms with Crippen molar-refractivity contribution >= 4 is 11.8 Å². The fourth-order valence-corrected chi connectivity index (χ4v) is 6.04. The van der Waals surface area contributed by atoms with Gasteiger partial charge in [-0.15, -0.1) is 0 Å². The van der Waals surface area contributed by atoms with Gasteiger partial charge in [-0.05, 0) is 56.5 Å². The van der Waals surface area contributed by atoms with Crippen LogP contribution in [0.2, 0.25) is 0 Å². The maximum atomic E-state index is 14.1. The zero-order valence-corrected chi connectivity index (χ0v) is 22.0. The molecule has 3 N–H and O–H groups in total. The molecule has 4 heterocycles. The maximum Gasteiger partial charge on any atom is 0.243 e. The SMILES string of the molecule is CC1(C)NC[C@@](C)(c2cc(F)cc(F)c2)N(CC#Cc2cnc3c(c2)C[C@@]2(C3)C(=O)NC3=C2C=CCN3)C1=O. The Bertz CT molecular complexity index is 1530. The van der Waals surface area contributed by atoms with Crippen LogP contribution in [0.5, 0.6) is 0 Å². The maximum absolute atomic E-state index is 14.1. The number of nitrogens with zero attached hydrogens (tertiary/aromatic N) is 2. The van der Waals surface area contributed by atoms with E-state index in [2.05, 4.69) is 32.8 Å². The summed E-state index contributed by atoms with van der Waals surface area (Å²) in [5.41, 5.74) is 1.34. The standard InChI is InChI=1S/C30H29F2N5O2/c1-28(2)27(39)37(29(3,17-35-28)20-11-21(31)13-22(32)12-20)9-5-6-18-10-19-14-30(15-24(19)34-16-18)23-7-4-8-33-25(23)36-26(30)38/h4,7,10-13,16,33,35H,8-9,14-15,17H2,1-3H3,(H,36,38)/t29-,30-/m0/s1. The molecule has 2 aromatic rings. The summed E-state index contributed by atoms with van der Waals surface area (Å²) in [5, 5.41) is 9.42. The number of carbonyl (C=O) groups excluding carboxylic acids is 2. The van der Waals surface area contributed by atoms with Crippen LogP contribution in [0.4, 0.5) is 8.78 Å². The minimum atomic E-state index is -1.00. The molecule has 1 spiro atoms. The van der Waals surface area contributed by atoms with Crippen molar-refractivity contribution in [1.82, 2.24) is 25.8 Å². The molecule has 4 aliphatic rings. The predicted molar refractivity (Wildman–Crippen MR) is 141 cm³/mol. The molecule has 0 unspecified atom stereocenters. The highest BCUT2D eigenvalue weighted by Gasteiger charge is 2.52. The van der Waals surface area contributed by atoms with Gasteiger partial charge in [0.25, 0.3) is 0 Å². The van der Waals surface area contributed by atoms with E-state index in [1.165, 1.54) is 12.1 Å². The molecule has 2 atom stereocenters. The van der Waals surface area contributed by atoms with Crippen molar-refractivity contribution in [2.45, 2.75) is 44.7 Å². The lowest BCUT2D eigenvalue weighted by Gasteiger charge is -2.50. The number of hydrogen-bond acceptors (Lipinski definition) is 5. The summed E-state index contributed by atoms with van der Waals surface area (Å²) in [6, 6.07) is 5.29. The van der Waals surface area contributed by atoms with E-state index in [9.17, 15) is 18.4 Å². The lowest BCUT2D eigenvalue weighted by atomic mass is 9.78. The van der Waals surface area contributed by atoms with Crippen molar-refractivity contribution in [3.8, 4) is 11.8 Å². The number of amides is 2. The lowest BCUT2D eigenvalue weighted by molar-refractivity contribution is -0.148. The summed E-state index contributed by atoms with van der Waals surface area (Å²) in [6.07, 6.45) is 6.78. The van der Waals surface area contributed by atoms with Gasteiger partial charge >= 0.3 is 0 Å². The third-order valence-corrected chi connectivity index (χ3v) is 8.37. The summed E-state index contributed by atoms with van der Waals surface area (Å²) < 4.78 is 28.2. The van der Waals surface area contributed by atoms with Gasteiger partial charge in [0.1, 0.15) is 17.5 Å². The van der Waals surface area contributed by atoms with Gasteiger partial charge in [-0.2, -0.15) is 0 Å². The Kier molecular flexibility index (Phi) is 5.67. The molecular formula is C30H29F2N5O2. The van der Waals surface area contributed by atoms with Crippen molar-refractivity contribution in [3.63, 3.8) is 0 Å². The van der Waals surface area contributed by atoms with Crippen molar-refractivity contribution in [2.75, 3.05) is 19.6 Å². The second kappa shape index (κ2) is 8.75. The molecule has 3 aliphatic heterocycles. The van der Waals surface area contributed by atoms with E-state index in [-0.39, 0.29) is 18.4 Å². The van der Waals surface area contributed by atoms with Gasteiger partial charge in [0.05, 0.1) is 23.0 Å². The van der Waals surface area contributed by atoms with Crippen LogP contribution in [0, 0.1) is 28.9 Å². The average molecular weight is 530 g/mol. The third kappa shape index (κ3) is 4.02. The first-order chi connectivity index (χ1) is 18.5. The molecule has 1 aliphatic carbocycles. The minimum Gasteiger partial charge on any atom is -0.368 e. The van der Waals surface area contributed by atoms with Crippen molar-refractivity contribution in [3.05, 3.63) is 88.0 Å². The van der Waals surface area contributed by atoms with Gasteiger partial charge in [-0.25, -0.2) is 8.78 Å². The number of dihydropyridines is 1. The second-order valence-corrected chi connectivity index (χ2v) is 11.4. The van der Waals surface area contributed by atoms with Gasteiger partial charge in [0, 0.05) is 48.6 Å². The molecule has 39 heavy (non-hydrogen) atoms. The molecule has 1 saturated heterocycles. The Morgan fingerprint density at radius 3 is 2.62 bits per heavy atom. The largest absolute Gasteiger partial charge is 0.368 e. The van der Waals surface area contributed by atoms with Gasteiger partial charge in [-0.1, -0.05) is 24.0 Å². The topological polar surface area (TPSA) is 86.4 Å². The molecule has 0 saturated carbocycles. The van der Waals surface area contributed by atoms with E-state index in [1.54, 1.807) is 31.9 Å². The van der Waals surface area contributed by atoms with Gasteiger partial charge in [-0.3, -0.25) is 14.6 Å². The molecule has 200 valence electrons. The second-order valence-electron chi connectivity index (χ2n) is 11.4. The summed E-state index contributed by atoms with van der Waals surface area (Å²) in [6.45, 7) is 6.39. The molecule has 7 nitrogen and oxygen atoms in total. The average Bonchev–Trinajstić information content (AvgIpc) is 3.40. The Hall–Kier alpha value is -4.03. The Morgan fingerprint density at radius 2 is 1.85 bits per heavy atom. The molecule has 9 heteroatoms. The van der Waals surface area contributed by atoms with Gasteiger partial charge in [0.15, 0.2) is 0 Å². The minimum absolute atomic E-state index is 0.0231. The van der Waals surface area contributed by atoms with Crippen LogP contribution in [0.15, 0.2) is 54.0 Å². The first-order valence-corrected chi connectivity index (χ1v) is 13.0. The van der Waals surface area contributed by atoms with Crippen LogP contribution in [0.1, 0.15) is 43.2 Å². The fourth-order valence-electron chi connectivity index (χ4n) is 6.04.